The average Bonchev–Trinajstić information content (AvgIpc) is 2.93. The molecule has 5 rings (SSSR count). The SMILES string of the molecule is Cc1cc(=O)oc2c(C3=Nc4ccc(Cl)cc4S[C@@H](c4ccccc4)C3)c(O)ccc12. The van der Waals surface area contributed by atoms with Gasteiger partial charge in [0.05, 0.1) is 17.0 Å². The molecular formula is C25H18ClNO3S. The molecule has 1 atom stereocenters. The fourth-order valence-corrected chi connectivity index (χ4v) is 5.41. The third-order valence-electron chi connectivity index (χ3n) is 5.38. The standard InChI is InChI=1S/C25H18ClNO3S/c1-14-11-23(29)30-25-17(14)8-10-20(28)24(25)19-13-21(15-5-3-2-4-6-15)31-22-12-16(26)7-9-18(22)27-19/h2-12,21,28H,13H2,1H3/t21-/m1/s1. The van der Waals surface area contributed by atoms with E-state index in [4.69, 9.17) is 21.0 Å². The normalized spacial score (nSPS) is 15.9. The van der Waals surface area contributed by atoms with E-state index in [-0.39, 0.29) is 11.0 Å². The molecule has 0 fully saturated rings. The van der Waals surface area contributed by atoms with Crippen LogP contribution in [0.15, 0.2) is 85.8 Å². The Morgan fingerprint density at radius 2 is 1.90 bits per heavy atom. The van der Waals surface area contributed by atoms with E-state index in [0.29, 0.717) is 28.3 Å². The second-order valence-corrected chi connectivity index (χ2v) is 9.16. The summed E-state index contributed by atoms with van der Waals surface area (Å²) in [7, 11) is 0. The number of phenols is 1. The molecule has 4 nitrogen and oxygen atoms in total. The first kappa shape index (κ1) is 19.9. The highest BCUT2D eigenvalue weighted by molar-refractivity contribution is 7.99. The average molecular weight is 448 g/mol. The largest absolute Gasteiger partial charge is 0.507 e. The van der Waals surface area contributed by atoms with Crippen molar-refractivity contribution < 1.29 is 9.52 Å². The molecule has 0 saturated heterocycles. The molecule has 154 valence electrons. The van der Waals surface area contributed by atoms with Crippen molar-refractivity contribution in [2.45, 2.75) is 23.5 Å². The molecule has 0 spiro atoms. The van der Waals surface area contributed by atoms with Gasteiger partial charge >= 0.3 is 5.63 Å². The Hall–Kier alpha value is -3.02. The van der Waals surface area contributed by atoms with E-state index < -0.39 is 5.63 Å². The van der Waals surface area contributed by atoms with Gasteiger partial charge in [-0.15, -0.1) is 11.8 Å². The van der Waals surface area contributed by atoms with E-state index in [9.17, 15) is 9.90 Å². The van der Waals surface area contributed by atoms with Gasteiger partial charge in [-0.25, -0.2) is 4.79 Å². The van der Waals surface area contributed by atoms with Crippen LogP contribution >= 0.6 is 23.4 Å². The van der Waals surface area contributed by atoms with Crippen LogP contribution in [0.3, 0.4) is 0 Å². The van der Waals surface area contributed by atoms with E-state index in [2.05, 4.69) is 12.1 Å². The van der Waals surface area contributed by atoms with Gasteiger partial charge in [0, 0.05) is 33.0 Å². The quantitative estimate of drug-likeness (QED) is 0.342. The predicted octanol–water partition coefficient (Wildman–Crippen LogP) is 6.82. The summed E-state index contributed by atoms with van der Waals surface area (Å²) >= 11 is 7.95. The Kier molecular flexibility index (Phi) is 5.08. The first-order valence-electron chi connectivity index (χ1n) is 9.85. The first-order chi connectivity index (χ1) is 15.0. The molecule has 0 aliphatic carbocycles. The lowest BCUT2D eigenvalue weighted by Crippen LogP contribution is -2.08. The van der Waals surface area contributed by atoms with Gasteiger partial charge in [0.15, 0.2) is 5.58 Å². The third-order valence-corrected chi connectivity index (χ3v) is 6.92. The summed E-state index contributed by atoms with van der Waals surface area (Å²) in [5, 5.41) is 12.3. The Balaban J connectivity index is 1.77. The zero-order valence-electron chi connectivity index (χ0n) is 16.6. The van der Waals surface area contributed by atoms with Gasteiger partial charge in [-0.05, 0) is 48.4 Å². The molecule has 2 heterocycles. The lowest BCUT2D eigenvalue weighted by Gasteiger charge is -2.17. The van der Waals surface area contributed by atoms with Gasteiger partial charge in [-0.3, -0.25) is 4.99 Å². The maximum absolute atomic E-state index is 12.1. The molecule has 6 heteroatoms. The minimum Gasteiger partial charge on any atom is -0.507 e. The van der Waals surface area contributed by atoms with Crippen LogP contribution in [-0.4, -0.2) is 10.8 Å². The Bertz CT molecular complexity index is 1400. The van der Waals surface area contributed by atoms with Crippen molar-refractivity contribution >= 4 is 45.7 Å². The second kappa shape index (κ2) is 7.91. The zero-order chi connectivity index (χ0) is 21.5. The Labute approximate surface area is 188 Å². The number of fused-ring (bicyclic) bond motifs is 2. The van der Waals surface area contributed by atoms with Crippen LogP contribution in [0, 0.1) is 6.92 Å². The molecule has 0 saturated carbocycles. The van der Waals surface area contributed by atoms with Crippen LogP contribution in [0.4, 0.5) is 5.69 Å². The number of rotatable bonds is 2. The number of hydrogen-bond acceptors (Lipinski definition) is 5. The number of aromatic hydroxyl groups is 1. The van der Waals surface area contributed by atoms with Crippen LogP contribution < -0.4 is 5.63 Å². The number of halogens is 1. The second-order valence-electron chi connectivity index (χ2n) is 7.48. The topological polar surface area (TPSA) is 62.8 Å². The van der Waals surface area contributed by atoms with Crippen molar-refractivity contribution in [3.8, 4) is 5.75 Å². The zero-order valence-corrected chi connectivity index (χ0v) is 18.2. The van der Waals surface area contributed by atoms with Crippen molar-refractivity contribution in [2.24, 2.45) is 4.99 Å². The minimum atomic E-state index is -0.452. The summed E-state index contributed by atoms with van der Waals surface area (Å²) in [6.07, 6.45) is 0.547. The van der Waals surface area contributed by atoms with Gasteiger partial charge < -0.3 is 9.52 Å². The van der Waals surface area contributed by atoms with Crippen molar-refractivity contribution in [2.75, 3.05) is 0 Å². The summed E-state index contributed by atoms with van der Waals surface area (Å²) in [5.41, 5.74) is 3.75. The fraction of sp³-hybridized carbons (Fsp3) is 0.120. The number of aliphatic imine (C=N–C) groups is 1. The lowest BCUT2D eigenvalue weighted by atomic mass is 9.97. The van der Waals surface area contributed by atoms with Crippen LogP contribution in [0.1, 0.15) is 28.4 Å². The highest BCUT2D eigenvalue weighted by atomic mass is 35.5. The maximum Gasteiger partial charge on any atom is 0.336 e. The van der Waals surface area contributed by atoms with Gasteiger partial charge in [-0.1, -0.05) is 41.9 Å². The number of thioether (sulfide) groups is 1. The molecule has 31 heavy (non-hydrogen) atoms. The van der Waals surface area contributed by atoms with Gasteiger partial charge in [0.25, 0.3) is 0 Å². The summed E-state index contributed by atoms with van der Waals surface area (Å²) in [5.74, 6) is 0.0363. The van der Waals surface area contributed by atoms with Crippen LogP contribution in [-0.2, 0) is 0 Å². The van der Waals surface area contributed by atoms with E-state index in [1.807, 2.05) is 37.3 Å². The summed E-state index contributed by atoms with van der Waals surface area (Å²) < 4.78 is 5.57. The van der Waals surface area contributed by atoms with Crippen LogP contribution in [0.25, 0.3) is 11.0 Å². The number of phenolic OH excluding ortho intramolecular Hbond substituents is 1. The number of aryl methyl sites for hydroxylation is 1. The van der Waals surface area contributed by atoms with E-state index in [1.165, 1.54) is 6.07 Å². The number of hydrogen-bond donors (Lipinski definition) is 1. The third kappa shape index (κ3) is 3.75. The Morgan fingerprint density at radius 1 is 1.10 bits per heavy atom. The summed E-state index contributed by atoms with van der Waals surface area (Å²) in [4.78, 5) is 18.0. The predicted molar refractivity (Wildman–Crippen MR) is 126 cm³/mol. The van der Waals surface area contributed by atoms with E-state index >= 15 is 0 Å². The van der Waals surface area contributed by atoms with E-state index in [1.54, 1.807) is 30.0 Å². The molecule has 3 aromatic carbocycles. The summed E-state index contributed by atoms with van der Waals surface area (Å²) in [6, 6.07) is 20.6. The maximum atomic E-state index is 12.1. The molecule has 0 radical (unpaired) electrons. The van der Waals surface area contributed by atoms with Crippen molar-refractivity contribution in [1.29, 1.82) is 0 Å². The van der Waals surface area contributed by atoms with Gasteiger partial charge in [0.2, 0.25) is 0 Å². The first-order valence-corrected chi connectivity index (χ1v) is 11.1. The monoisotopic (exact) mass is 447 g/mol. The lowest BCUT2D eigenvalue weighted by molar-refractivity contribution is 0.471. The molecule has 1 aliphatic heterocycles. The van der Waals surface area contributed by atoms with Crippen LogP contribution in [0.2, 0.25) is 5.02 Å². The highest BCUT2D eigenvalue weighted by Crippen LogP contribution is 2.47. The van der Waals surface area contributed by atoms with E-state index in [0.717, 1.165) is 27.1 Å². The molecule has 4 aromatic rings. The molecule has 1 aromatic heterocycles. The molecule has 1 aliphatic rings. The number of nitrogens with zero attached hydrogens (tertiary/aromatic N) is 1. The molecule has 0 unspecified atom stereocenters. The molecule has 1 N–H and O–H groups in total. The Morgan fingerprint density at radius 3 is 2.71 bits per heavy atom. The van der Waals surface area contributed by atoms with Crippen molar-refractivity contribution in [3.05, 3.63) is 98.9 Å². The van der Waals surface area contributed by atoms with Gasteiger partial charge in [0.1, 0.15) is 5.75 Å². The molecule has 0 bridgehead atoms. The molecular weight excluding hydrogens is 430 g/mol. The number of benzene rings is 3. The van der Waals surface area contributed by atoms with Crippen molar-refractivity contribution in [1.82, 2.24) is 0 Å². The van der Waals surface area contributed by atoms with Crippen LogP contribution in [0.5, 0.6) is 5.75 Å². The summed E-state index contributed by atoms with van der Waals surface area (Å²) in [6.45, 7) is 1.86. The molecule has 0 amide bonds. The fourth-order valence-electron chi connectivity index (χ4n) is 3.90. The van der Waals surface area contributed by atoms with Crippen molar-refractivity contribution in [3.63, 3.8) is 0 Å². The minimum absolute atomic E-state index is 0.0363. The van der Waals surface area contributed by atoms with Gasteiger partial charge in [-0.2, -0.15) is 0 Å². The highest BCUT2D eigenvalue weighted by Gasteiger charge is 2.26. The smallest absolute Gasteiger partial charge is 0.336 e.